The van der Waals surface area contributed by atoms with Crippen LogP contribution < -0.4 is 0 Å². The number of halogens is 1. The second kappa shape index (κ2) is 5.03. The molecule has 0 N–H and O–H groups in total. The summed E-state index contributed by atoms with van der Waals surface area (Å²) in [4.78, 5) is 16.0. The van der Waals surface area contributed by atoms with Crippen LogP contribution in [0.15, 0.2) is 53.1 Å². The molecule has 2 rings (SSSR count). The molecule has 2 aromatic rings. The number of benzene rings is 1. The second-order valence-electron chi connectivity index (χ2n) is 3.43. The lowest BCUT2D eigenvalue weighted by Crippen LogP contribution is -2.04. The largest absolute Gasteiger partial charge is 0.294 e. The van der Waals surface area contributed by atoms with Crippen molar-refractivity contribution in [2.45, 2.75) is 6.42 Å². The van der Waals surface area contributed by atoms with Crippen LogP contribution in [0.25, 0.3) is 0 Å². The van der Waals surface area contributed by atoms with E-state index in [0.29, 0.717) is 12.0 Å². The van der Waals surface area contributed by atoms with E-state index in [0.717, 1.165) is 10.2 Å². The van der Waals surface area contributed by atoms with Gasteiger partial charge in [-0.15, -0.1) is 0 Å². The van der Waals surface area contributed by atoms with Gasteiger partial charge >= 0.3 is 0 Å². The number of rotatable bonds is 3. The molecule has 1 aromatic carbocycles. The van der Waals surface area contributed by atoms with E-state index in [9.17, 15) is 4.79 Å². The van der Waals surface area contributed by atoms with Crippen LogP contribution >= 0.6 is 15.9 Å². The minimum atomic E-state index is 0.0833. The molecule has 0 fully saturated rings. The summed E-state index contributed by atoms with van der Waals surface area (Å²) in [5.74, 6) is 0.0833. The van der Waals surface area contributed by atoms with Crippen molar-refractivity contribution in [3.8, 4) is 0 Å². The molecular weight excluding hydrogens is 266 g/mol. The van der Waals surface area contributed by atoms with Gasteiger partial charge in [-0.25, -0.2) is 0 Å². The van der Waals surface area contributed by atoms with Gasteiger partial charge in [0.15, 0.2) is 5.78 Å². The zero-order chi connectivity index (χ0) is 11.4. The third kappa shape index (κ3) is 2.76. The number of hydrogen-bond donors (Lipinski definition) is 0. The smallest absolute Gasteiger partial charge is 0.168 e. The molecule has 0 unspecified atom stereocenters. The molecule has 0 radical (unpaired) electrons. The zero-order valence-electron chi connectivity index (χ0n) is 8.56. The Morgan fingerprint density at radius 1 is 1.19 bits per heavy atom. The number of aromatic nitrogens is 1. The molecule has 0 aliphatic rings. The summed E-state index contributed by atoms with van der Waals surface area (Å²) < 4.78 is 0.916. The molecule has 80 valence electrons. The first kappa shape index (κ1) is 11.0. The van der Waals surface area contributed by atoms with Crippen LogP contribution in [-0.2, 0) is 6.42 Å². The first-order chi connectivity index (χ1) is 7.75. The fraction of sp³-hybridized carbons (Fsp3) is 0.0769. The van der Waals surface area contributed by atoms with Gasteiger partial charge in [0.25, 0.3) is 0 Å². The highest BCUT2D eigenvalue weighted by atomic mass is 79.9. The van der Waals surface area contributed by atoms with Crippen molar-refractivity contribution in [3.05, 3.63) is 64.4 Å². The van der Waals surface area contributed by atoms with Crippen molar-refractivity contribution in [2.75, 3.05) is 0 Å². The quantitative estimate of drug-likeness (QED) is 0.805. The fourth-order valence-corrected chi connectivity index (χ4v) is 1.83. The number of ketones is 1. The number of hydrogen-bond acceptors (Lipinski definition) is 2. The Balaban J connectivity index is 2.15. The average Bonchev–Trinajstić information content (AvgIpc) is 2.30. The minimum Gasteiger partial charge on any atom is -0.294 e. The molecule has 0 atom stereocenters. The Bertz CT molecular complexity index is 496. The standard InChI is InChI=1S/C13H10BrNO/c14-11-5-3-4-10(8-11)13(16)9-12-6-1-2-7-15-12/h1-8H,9H2. The summed E-state index contributed by atoms with van der Waals surface area (Å²) in [5.41, 5.74) is 1.51. The number of nitrogens with zero attached hydrogens (tertiary/aromatic N) is 1. The first-order valence-corrected chi connectivity index (χ1v) is 5.74. The van der Waals surface area contributed by atoms with Crippen LogP contribution in [0.3, 0.4) is 0 Å². The maximum Gasteiger partial charge on any atom is 0.168 e. The molecule has 3 heteroatoms. The lowest BCUT2D eigenvalue weighted by atomic mass is 10.1. The van der Waals surface area contributed by atoms with E-state index in [1.54, 1.807) is 6.20 Å². The van der Waals surface area contributed by atoms with Crippen LogP contribution in [-0.4, -0.2) is 10.8 Å². The Morgan fingerprint density at radius 2 is 2.06 bits per heavy atom. The predicted molar refractivity (Wildman–Crippen MR) is 66.4 cm³/mol. The minimum absolute atomic E-state index is 0.0833. The summed E-state index contributed by atoms with van der Waals surface area (Å²) in [6.07, 6.45) is 2.04. The molecule has 1 aromatic heterocycles. The lowest BCUT2D eigenvalue weighted by molar-refractivity contribution is 0.0992. The third-order valence-corrected chi connectivity index (χ3v) is 2.71. The van der Waals surface area contributed by atoms with Crippen LogP contribution in [0, 0.1) is 0 Å². The Hall–Kier alpha value is -1.48. The van der Waals surface area contributed by atoms with E-state index in [4.69, 9.17) is 0 Å². The fourth-order valence-electron chi connectivity index (χ4n) is 1.43. The molecule has 1 heterocycles. The Kier molecular flexibility index (Phi) is 3.47. The maximum atomic E-state index is 11.9. The van der Waals surface area contributed by atoms with Gasteiger partial charge in [-0.1, -0.05) is 34.1 Å². The van der Waals surface area contributed by atoms with Crippen molar-refractivity contribution in [2.24, 2.45) is 0 Å². The second-order valence-corrected chi connectivity index (χ2v) is 4.35. The highest BCUT2D eigenvalue weighted by Gasteiger charge is 2.07. The van der Waals surface area contributed by atoms with Gasteiger partial charge < -0.3 is 0 Å². The molecule has 16 heavy (non-hydrogen) atoms. The van der Waals surface area contributed by atoms with Gasteiger partial charge in [0.2, 0.25) is 0 Å². The van der Waals surface area contributed by atoms with Gasteiger partial charge in [-0.05, 0) is 24.3 Å². The first-order valence-electron chi connectivity index (χ1n) is 4.94. The molecular formula is C13H10BrNO. The van der Waals surface area contributed by atoms with E-state index in [1.807, 2.05) is 42.5 Å². The van der Waals surface area contributed by atoms with Crippen molar-refractivity contribution in [1.29, 1.82) is 0 Å². The van der Waals surface area contributed by atoms with Gasteiger partial charge in [-0.3, -0.25) is 9.78 Å². The van der Waals surface area contributed by atoms with Crippen molar-refractivity contribution < 1.29 is 4.79 Å². The predicted octanol–water partition coefficient (Wildman–Crippen LogP) is 3.27. The number of Topliss-reactive ketones (excluding diaryl/α,β-unsaturated/α-hetero) is 1. The summed E-state index contributed by atoms with van der Waals surface area (Å²) in [6, 6.07) is 13.0. The van der Waals surface area contributed by atoms with Gasteiger partial charge in [-0.2, -0.15) is 0 Å². The van der Waals surface area contributed by atoms with Crippen molar-refractivity contribution in [1.82, 2.24) is 4.98 Å². The summed E-state index contributed by atoms with van der Waals surface area (Å²) >= 11 is 3.35. The number of carbonyl (C=O) groups is 1. The topological polar surface area (TPSA) is 30.0 Å². The van der Waals surface area contributed by atoms with E-state index >= 15 is 0 Å². The molecule has 0 saturated carbocycles. The van der Waals surface area contributed by atoms with Gasteiger partial charge in [0.1, 0.15) is 0 Å². The highest BCUT2D eigenvalue weighted by Crippen LogP contribution is 2.13. The third-order valence-electron chi connectivity index (χ3n) is 2.21. The summed E-state index contributed by atoms with van der Waals surface area (Å²) in [6.45, 7) is 0. The van der Waals surface area contributed by atoms with Crippen LogP contribution in [0.2, 0.25) is 0 Å². The van der Waals surface area contributed by atoms with Crippen LogP contribution in [0.4, 0.5) is 0 Å². The normalized spacial score (nSPS) is 10.1. The number of pyridine rings is 1. The zero-order valence-corrected chi connectivity index (χ0v) is 10.1. The molecule has 0 aliphatic heterocycles. The van der Waals surface area contributed by atoms with Crippen LogP contribution in [0.5, 0.6) is 0 Å². The SMILES string of the molecule is O=C(Cc1ccccn1)c1cccc(Br)c1. The van der Waals surface area contributed by atoms with Crippen molar-refractivity contribution in [3.63, 3.8) is 0 Å². The summed E-state index contributed by atoms with van der Waals surface area (Å²) in [7, 11) is 0. The van der Waals surface area contributed by atoms with Gasteiger partial charge in [0.05, 0.1) is 6.42 Å². The van der Waals surface area contributed by atoms with E-state index in [2.05, 4.69) is 20.9 Å². The van der Waals surface area contributed by atoms with E-state index in [-0.39, 0.29) is 5.78 Å². The van der Waals surface area contributed by atoms with Crippen molar-refractivity contribution >= 4 is 21.7 Å². The monoisotopic (exact) mass is 275 g/mol. The molecule has 0 amide bonds. The highest BCUT2D eigenvalue weighted by molar-refractivity contribution is 9.10. The summed E-state index contributed by atoms with van der Waals surface area (Å²) in [5, 5.41) is 0. The molecule has 0 bridgehead atoms. The number of carbonyl (C=O) groups excluding carboxylic acids is 1. The Morgan fingerprint density at radius 3 is 2.75 bits per heavy atom. The maximum absolute atomic E-state index is 11.9. The lowest BCUT2D eigenvalue weighted by Gasteiger charge is -2.01. The van der Waals surface area contributed by atoms with Gasteiger partial charge in [0, 0.05) is 21.9 Å². The van der Waals surface area contributed by atoms with E-state index in [1.165, 1.54) is 0 Å². The van der Waals surface area contributed by atoms with Crippen LogP contribution in [0.1, 0.15) is 16.1 Å². The van der Waals surface area contributed by atoms with E-state index < -0.39 is 0 Å². The molecule has 0 saturated heterocycles. The molecule has 0 aliphatic carbocycles. The molecule has 2 nitrogen and oxygen atoms in total. The molecule has 0 spiro atoms. The average molecular weight is 276 g/mol. The Labute approximate surface area is 102 Å².